The van der Waals surface area contributed by atoms with E-state index in [1.54, 1.807) is 18.3 Å². The lowest BCUT2D eigenvalue weighted by Gasteiger charge is -2.05. The average Bonchev–Trinajstić information content (AvgIpc) is 2.35. The zero-order chi connectivity index (χ0) is 12.7. The quantitative estimate of drug-likeness (QED) is 0.764. The molecule has 0 aliphatic rings. The lowest BCUT2D eigenvalue weighted by Crippen LogP contribution is -2.25. The summed E-state index contributed by atoms with van der Waals surface area (Å²) in [5, 5.41) is 2.76. The summed E-state index contributed by atoms with van der Waals surface area (Å²) in [6.45, 7) is 4.29. The van der Waals surface area contributed by atoms with Crippen LogP contribution < -0.4 is 5.32 Å². The summed E-state index contributed by atoms with van der Waals surface area (Å²) in [6, 6.07) is 3.43. The number of ketones is 1. The zero-order valence-electron chi connectivity index (χ0n) is 10.3. The van der Waals surface area contributed by atoms with E-state index in [4.69, 9.17) is 0 Å². The number of amides is 1. The van der Waals surface area contributed by atoms with Crippen LogP contribution in [0, 0.1) is 5.92 Å². The molecule has 1 aromatic rings. The highest BCUT2D eigenvalue weighted by atomic mass is 16.1. The van der Waals surface area contributed by atoms with Gasteiger partial charge in [-0.15, -0.1) is 0 Å². The molecule has 17 heavy (non-hydrogen) atoms. The molecule has 0 unspecified atom stereocenters. The molecule has 1 N–H and O–H groups in total. The van der Waals surface area contributed by atoms with Gasteiger partial charge in [0.15, 0.2) is 0 Å². The van der Waals surface area contributed by atoms with E-state index in [-0.39, 0.29) is 17.6 Å². The largest absolute Gasteiger partial charge is 0.352 e. The first kappa shape index (κ1) is 13.4. The third-order valence-corrected chi connectivity index (χ3v) is 2.45. The van der Waals surface area contributed by atoms with Crippen LogP contribution >= 0.6 is 0 Å². The molecule has 1 amide bonds. The second-order valence-corrected chi connectivity index (χ2v) is 4.22. The summed E-state index contributed by atoms with van der Waals surface area (Å²) in [4.78, 5) is 26.8. The van der Waals surface area contributed by atoms with E-state index in [1.165, 1.54) is 6.20 Å². The first-order valence-corrected chi connectivity index (χ1v) is 5.82. The molecule has 0 aliphatic heterocycles. The first-order valence-electron chi connectivity index (χ1n) is 5.82. The van der Waals surface area contributed by atoms with Gasteiger partial charge in [0.2, 0.25) is 0 Å². The van der Waals surface area contributed by atoms with E-state index in [2.05, 4.69) is 10.3 Å². The maximum Gasteiger partial charge on any atom is 0.252 e. The highest BCUT2D eigenvalue weighted by Gasteiger charge is 2.07. The summed E-state index contributed by atoms with van der Waals surface area (Å²) >= 11 is 0. The third kappa shape index (κ3) is 4.76. The van der Waals surface area contributed by atoms with Gasteiger partial charge in [-0.3, -0.25) is 14.6 Å². The Morgan fingerprint density at radius 2 is 2.18 bits per heavy atom. The van der Waals surface area contributed by atoms with Crippen molar-refractivity contribution >= 4 is 11.7 Å². The molecule has 1 heterocycles. The summed E-state index contributed by atoms with van der Waals surface area (Å²) in [5.74, 6) is 0.166. The van der Waals surface area contributed by atoms with Crippen LogP contribution in [0.15, 0.2) is 24.5 Å². The number of pyridine rings is 1. The Bertz CT molecular complexity index is 374. The van der Waals surface area contributed by atoms with Gasteiger partial charge in [-0.25, -0.2) is 0 Å². The van der Waals surface area contributed by atoms with Gasteiger partial charge < -0.3 is 5.32 Å². The molecule has 0 saturated carbocycles. The molecule has 0 saturated heterocycles. The second kappa shape index (κ2) is 6.78. The molecule has 4 nitrogen and oxygen atoms in total. The van der Waals surface area contributed by atoms with Crippen LogP contribution in [0.25, 0.3) is 0 Å². The van der Waals surface area contributed by atoms with Gasteiger partial charge in [0.25, 0.3) is 5.91 Å². The van der Waals surface area contributed by atoms with Crippen molar-refractivity contribution in [1.29, 1.82) is 0 Å². The molecular formula is C13H18N2O2. The van der Waals surface area contributed by atoms with Gasteiger partial charge in [0.1, 0.15) is 5.78 Å². The van der Waals surface area contributed by atoms with Crippen molar-refractivity contribution in [2.45, 2.75) is 26.7 Å². The monoisotopic (exact) mass is 234 g/mol. The Morgan fingerprint density at radius 3 is 2.76 bits per heavy atom. The topological polar surface area (TPSA) is 59.1 Å². The van der Waals surface area contributed by atoms with Crippen LogP contribution in [0.3, 0.4) is 0 Å². The van der Waals surface area contributed by atoms with Crippen LogP contribution in [0.1, 0.15) is 37.0 Å². The Kier molecular flexibility index (Phi) is 5.33. The Hall–Kier alpha value is -1.71. The van der Waals surface area contributed by atoms with Gasteiger partial charge >= 0.3 is 0 Å². The van der Waals surface area contributed by atoms with Crippen molar-refractivity contribution in [2.75, 3.05) is 6.54 Å². The maximum absolute atomic E-state index is 11.6. The van der Waals surface area contributed by atoms with Gasteiger partial charge in [-0.1, -0.05) is 13.8 Å². The number of rotatable bonds is 6. The van der Waals surface area contributed by atoms with Crippen molar-refractivity contribution in [3.05, 3.63) is 30.1 Å². The molecule has 4 heteroatoms. The minimum Gasteiger partial charge on any atom is -0.352 e. The van der Waals surface area contributed by atoms with Crippen LogP contribution in [-0.4, -0.2) is 23.2 Å². The summed E-state index contributed by atoms with van der Waals surface area (Å²) in [7, 11) is 0. The SMILES string of the molecule is CC(C)C(=O)CCCNC(=O)c1cccnc1. The first-order chi connectivity index (χ1) is 8.11. The van der Waals surface area contributed by atoms with Crippen LogP contribution in [0.4, 0.5) is 0 Å². The molecule has 0 bridgehead atoms. The lowest BCUT2D eigenvalue weighted by atomic mass is 10.0. The van der Waals surface area contributed by atoms with E-state index in [1.807, 2.05) is 13.8 Å². The maximum atomic E-state index is 11.6. The molecule has 0 radical (unpaired) electrons. The highest BCUT2D eigenvalue weighted by Crippen LogP contribution is 2.01. The Balaban J connectivity index is 2.24. The van der Waals surface area contributed by atoms with Crippen molar-refractivity contribution in [3.8, 4) is 0 Å². The van der Waals surface area contributed by atoms with Gasteiger partial charge in [-0.2, -0.15) is 0 Å². The second-order valence-electron chi connectivity index (χ2n) is 4.22. The van der Waals surface area contributed by atoms with E-state index < -0.39 is 0 Å². The standard InChI is InChI=1S/C13H18N2O2/c1-10(2)12(16)6-4-8-15-13(17)11-5-3-7-14-9-11/h3,5,7,9-10H,4,6,8H2,1-2H3,(H,15,17). The number of hydrogen-bond donors (Lipinski definition) is 1. The fourth-order valence-corrected chi connectivity index (χ4v) is 1.35. The third-order valence-electron chi connectivity index (χ3n) is 2.45. The minimum absolute atomic E-state index is 0.0732. The molecule has 1 aromatic heterocycles. The highest BCUT2D eigenvalue weighted by molar-refractivity contribution is 5.93. The van der Waals surface area contributed by atoms with E-state index in [0.29, 0.717) is 24.9 Å². The molecule has 1 rings (SSSR count). The van der Waals surface area contributed by atoms with E-state index in [0.717, 1.165) is 0 Å². The molecule has 0 atom stereocenters. The molecule has 0 aromatic carbocycles. The van der Waals surface area contributed by atoms with Crippen molar-refractivity contribution in [1.82, 2.24) is 10.3 Å². The van der Waals surface area contributed by atoms with Crippen LogP contribution in [0.2, 0.25) is 0 Å². The van der Waals surface area contributed by atoms with E-state index >= 15 is 0 Å². The predicted octanol–water partition coefficient (Wildman–Crippen LogP) is 1.82. The van der Waals surface area contributed by atoms with Crippen LogP contribution in [0.5, 0.6) is 0 Å². The molecular weight excluding hydrogens is 216 g/mol. The number of aromatic nitrogens is 1. The lowest BCUT2D eigenvalue weighted by molar-refractivity contribution is -0.121. The van der Waals surface area contributed by atoms with Gasteiger partial charge in [0.05, 0.1) is 5.56 Å². The Labute approximate surface area is 101 Å². The number of hydrogen-bond acceptors (Lipinski definition) is 3. The number of carbonyl (C=O) groups is 2. The molecule has 0 spiro atoms. The van der Waals surface area contributed by atoms with Crippen molar-refractivity contribution < 1.29 is 9.59 Å². The molecule has 92 valence electrons. The number of carbonyl (C=O) groups excluding carboxylic acids is 2. The fraction of sp³-hybridized carbons (Fsp3) is 0.462. The van der Waals surface area contributed by atoms with E-state index in [9.17, 15) is 9.59 Å². The van der Waals surface area contributed by atoms with Crippen molar-refractivity contribution in [3.63, 3.8) is 0 Å². The predicted molar refractivity (Wildman–Crippen MR) is 65.6 cm³/mol. The number of nitrogens with one attached hydrogen (secondary N) is 1. The molecule has 0 aliphatic carbocycles. The average molecular weight is 234 g/mol. The smallest absolute Gasteiger partial charge is 0.252 e. The van der Waals surface area contributed by atoms with Gasteiger partial charge in [-0.05, 0) is 18.6 Å². The number of nitrogens with zero attached hydrogens (tertiary/aromatic N) is 1. The summed E-state index contributed by atoms with van der Waals surface area (Å²) < 4.78 is 0. The zero-order valence-corrected chi connectivity index (χ0v) is 10.3. The molecule has 0 fully saturated rings. The van der Waals surface area contributed by atoms with Gasteiger partial charge in [0, 0.05) is 31.3 Å². The minimum atomic E-state index is -0.143. The Morgan fingerprint density at radius 1 is 1.41 bits per heavy atom. The van der Waals surface area contributed by atoms with Crippen LogP contribution in [-0.2, 0) is 4.79 Å². The summed E-state index contributed by atoms with van der Waals surface area (Å²) in [5.41, 5.74) is 0.544. The normalized spacial score (nSPS) is 10.3. The van der Waals surface area contributed by atoms with Crippen molar-refractivity contribution in [2.24, 2.45) is 5.92 Å². The fourth-order valence-electron chi connectivity index (χ4n) is 1.35. The summed E-state index contributed by atoms with van der Waals surface area (Å²) in [6.07, 6.45) is 4.35. The number of Topliss-reactive ketones (excluding diaryl/α,β-unsaturated/α-hetero) is 1.